The fourth-order valence-electron chi connectivity index (χ4n) is 2.03. The number of ether oxygens (including phenoxy) is 1. The van der Waals surface area contributed by atoms with Crippen LogP contribution in [0.2, 0.25) is 0 Å². The van der Waals surface area contributed by atoms with Crippen LogP contribution in [0, 0.1) is 17.2 Å². The maximum Gasteiger partial charge on any atom is 0.311 e. The molecule has 1 aliphatic heterocycles. The molecule has 1 aromatic carbocycles. The first-order valence-electron chi connectivity index (χ1n) is 5.54. The largest absolute Gasteiger partial charge is 0.469 e. The highest BCUT2D eigenvalue weighted by Gasteiger charge is 2.35. The third kappa shape index (κ3) is 2.18. The second-order valence-corrected chi connectivity index (χ2v) is 4.09. The minimum atomic E-state index is -0.423. The first kappa shape index (κ1) is 12.1. The Morgan fingerprint density at radius 3 is 3.00 bits per heavy atom. The van der Waals surface area contributed by atoms with Crippen molar-refractivity contribution in [2.45, 2.75) is 6.42 Å². The van der Waals surface area contributed by atoms with E-state index >= 15 is 0 Å². The van der Waals surface area contributed by atoms with Gasteiger partial charge in [-0.25, -0.2) is 0 Å². The molecular formula is C13H12N2O3. The number of carbonyl (C=O) groups is 2. The molecule has 0 bridgehead atoms. The molecule has 1 amide bonds. The summed E-state index contributed by atoms with van der Waals surface area (Å²) in [7, 11) is 1.31. The number of carbonyl (C=O) groups excluding carboxylic acids is 2. The van der Waals surface area contributed by atoms with Crippen molar-refractivity contribution >= 4 is 17.6 Å². The summed E-state index contributed by atoms with van der Waals surface area (Å²) in [6, 6.07) is 8.79. The number of nitrogens with zero attached hydrogens (tertiary/aromatic N) is 2. The predicted octanol–water partition coefficient (Wildman–Crippen LogP) is 1.08. The topological polar surface area (TPSA) is 70.4 Å². The summed E-state index contributed by atoms with van der Waals surface area (Å²) in [6.45, 7) is 0.306. The van der Waals surface area contributed by atoms with Gasteiger partial charge in [-0.1, -0.05) is 6.07 Å². The Balaban J connectivity index is 2.22. The molecule has 1 aromatic rings. The smallest absolute Gasteiger partial charge is 0.311 e. The standard InChI is InChI=1S/C13H12N2O3/c1-18-13(17)10-6-12(16)15(8-10)11-4-2-3-9(5-11)7-14/h2-5,10H,6,8H2,1H3. The Morgan fingerprint density at radius 1 is 1.56 bits per heavy atom. The maximum atomic E-state index is 11.8. The molecule has 0 saturated carbocycles. The van der Waals surface area contributed by atoms with Crippen LogP contribution in [0.4, 0.5) is 5.69 Å². The molecule has 2 rings (SSSR count). The van der Waals surface area contributed by atoms with Crippen LogP contribution in [0.15, 0.2) is 24.3 Å². The molecule has 1 fully saturated rings. The Labute approximate surface area is 105 Å². The molecule has 1 saturated heterocycles. The Morgan fingerprint density at radius 2 is 2.33 bits per heavy atom. The molecule has 1 heterocycles. The van der Waals surface area contributed by atoms with Crippen molar-refractivity contribution in [1.82, 2.24) is 0 Å². The van der Waals surface area contributed by atoms with Crippen LogP contribution in [-0.2, 0) is 14.3 Å². The van der Waals surface area contributed by atoms with E-state index in [0.29, 0.717) is 17.8 Å². The van der Waals surface area contributed by atoms with E-state index in [1.54, 1.807) is 24.3 Å². The quantitative estimate of drug-likeness (QED) is 0.730. The van der Waals surface area contributed by atoms with Gasteiger partial charge in [0.25, 0.3) is 0 Å². The molecule has 5 nitrogen and oxygen atoms in total. The van der Waals surface area contributed by atoms with Crippen LogP contribution in [-0.4, -0.2) is 25.5 Å². The monoisotopic (exact) mass is 244 g/mol. The third-order valence-corrected chi connectivity index (χ3v) is 2.95. The number of methoxy groups -OCH3 is 1. The van der Waals surface area contributed by atoms with Crippen LogP contribution in [0.3, 0.4) is 0 Å². The molecule has 0 aliphatic carbocycles. The molecular weight excluding hydrogens is 232 g/mol. The van der Waals surface area contributed by atoms with E-state index in [0.717, 1.165) is 0 Å². The van der Waals surface area contributed by atoms with E-state index < -0.39 is 5.92 Å². The first-order chi connectivity index (χ1) is 8.65. The highest BCUT2D eigenvalue weighted by molar-refractivity contribution is 5.99. The van der Waals surface area contributed by atoms with Crippen LogP contribution in [0.5, 0.6) is 0 Å². The van der Waals surface area contributed by atoms with Crippen LogP contribution in [0.1, 0.15) is 12.0 Å². The lowest BCUT2D eigenvalue weighted by Crippen LogP contribution is -2.26. The lowest BCUT2D eigenvalue weighted by atomic mass is 10.1. The van der Waals surface area contributed by atoms with Crippen LogP contribution < -0.4 is 4.90 Å². The number of nitriles is 1. The average Bonchev–Trinajstić information content (AvgIpc) is 2.80. The lowest BCUT2D eigenvalue weighted by Gasteiger charge is -2.16. The Bertz CT molecular complexity index is 533. The number of rotatable bonds is 2. The second kappa shape index (κ2) is 4.88. The maximum absolute atomic E-state index is 11.8. The Kier molecular flexibility index (Phi) is 3.28. The van der Waals surface area contributed by atoms with Gasteiger partial charge >= 0.3 is 5.97 Å². The third-order valence-electron chi connectivity index (χ3n) is 2.95. The van der Waals surface area contributed by atoms with E-state index in [9.17, 15) is 9.59 Å². The van der Waals surface area contributed by atoms with E-state index in [1.165, 1.54) is 12.0 Å². The van der Waals surface area contributed by atoms with Crippen molar-refractivity contribution in [2.75, 3.05) is 18.6 Å². The van der Waals surface area contributed by atoms with Gasteiger partial charge in [0.2, 0.25) is 5.91 Å². The zero-order valence-corrected chi connectivity index (χ0v) is 9.92. The van der Waals surface area contributed by atoms with Crippen LogP contribution in [0.25, 0.3) is 0 Å². The summed E-state index contributed by atoms with van der Waals surface area (Å²) in [5, 5.41) is 8.82. The summed E-state index contributed by atoms with van der Waals surface area (Å²) in [5.74, 6) is -0.920. The van der Waals surface area contributed by atoms with Crippen molar-refractivity contribution in [3.05, 3.63) is 29.8 Å². The molecule has 92 valence electrons. The Hall–Kier alpha value is -2.35. The van der Waals surface area contributed by atoms with Gasteiger partial charge < -0.3 is 9.64 Å². The molecule has 1 atom stereocenters. The second-order valence-electron chi connectivity index (χ2n) is 4.09. The molecule has 0 aromatic heterocycles. The summed E-state index contributed by atoms with van der Waals surface area (Å²) in [6.07, 6.45) is 0.156. The van der Waals surface area contributed by atoms with E-state index in [1.807, 2.05) is 6.07 Å². The van der Waals surface area contributed by atoms with E-state index in [4.69, 9.17) is 5.26 Å². The molecule has 0 radical (unpaired) electrons. The van der Waals surface area contributed by atoms with Gasteiger partial charge in [-0.2, -0.15) is 5.26 Å². The molecule has 0 spiro atoms. The first-order valence-corrected chi connectivity index (χ1v) is 5.54. The minimum Gasteiger partial charge on any atom is -0.469 e. The predicted molar refractivity (Wildman–Crippen MR) is 63.6 cm³/mol. The SMILES string of the molecule is COC(=O)C1CC(=O)N(c2cccc(C#N)c2)C1. The van der Waals surface area contributed by atoms with Gasteiger partial charge in [0.15, 0.2) is 0 Å². The number of benzene rings is 1. The summed E-state index contributed by atoms with van der Waals surface area (Å²) >= 11 is 0. The van der Waals surface area contributed by atoms with Crippen LogP contribution >= 0.6 is 0 Å². The van der Waals surface area contributed by atoms with Gasteiger partial charge in [0, 0.05) is 18.7 Å². The zero-order chi connectivity index (χ0) is 13.1. The number of hydrogen-bond acceptors (Lipinski definition) is 4. The molecule has 1 unspecified atom stereocenters. The number of hydrogen-bond donors (Lipinski definition) is 0. The molecule has 1 aliphatic rings. The van der Waals surface area contributed by atoms with Gasteiger partial charge in [-0.3, -0.25) is 9.59 Å². The molecule has 5 heteroatoms. The minimum absolute atomic E-state index is 0.125. The number of amides is 1. The van der Waals surface area contributed by atoms with E-state index in [-0.39, 0.29) is 18.3 Å². The molecule has 0 N–H and O–H groups in total. The van der Waals surface area contributed by atoms with Crippen molar-refractivity contribution in [3.63, 3.8) is 0 Å². The zero-order valence-electron chi connectivity index (χ0n) is 9.92. The van der Waals surface area contributed by atoms with E-state index in [2.05, 4.69) is 4.74 Å². The number of esters is 1. The summed E-state index contributed by atoms with van der Waals surface area (Å²) in [4.78, 5) is 24.8. The van der Waals surface area contributed by atoms with Crippen molar-refractivity contribution in [2.24, 2.45) is 5.92 Å². The van der Waals surface area contributed by atoms with Crippen molar-refractivity contribution in [1.29, 1.82) is 5.26 Å². The lowest BCUT2D eigenvalue weighted by molar-refractivity contribution is -0.145. The normalized spacial score (nSPS) is 18.6. The fourth-order valence-corrected chi connectivity index (χ4v) is 2.03. The highest BCUT2D eigenvalue weighted by atomic mass is 16.5. The van der Waals surface area contributed by atoms with Crippen molar-refractivity contribution in [3.8, 4) is 6.07 Å². The summed E-state index contributed by atoms with van der Waals surface area (Å²) in [5.41, 5.74) is 1.13. The van der Waals surface area contributed by atoms with Crippen molar-refractivity contribution < 1.29 is 14.3 Å². The fraction of sp³-hybridized carbons (Fsp3) is 0.308. The summed E-state index contributed by atoms with van der Waals surface area (Å²) < 4.78 is 4.64. The molecule has 18 heavy (non-hydrogen) atoms. The van der Waals surface area contributed by atoms with Gasteiger partial charge in [0.1, 0.15) is 0 Å². The van der Waals surface area contributed by atoms with Gasteiger partial charge in [-0.15, -0.1) is 0 Å². The average molecular weight is 244 g/mol. The highest BCUT2D eigenvalue weighted by Crippen LogP contribution is 2.26. The van der Waals surface area contributed by atoms with Gasteiger partial charge in [-0.05, 0) is 18.2 Å². The van der Waals surface area contributed by atoms with Gasteiger partial charge in [0.05, 0.1) is 24.7 Å². The number of anilines is 1.